The van der Waals surface area contributed by atoms with Gasteiger partial charge < -0.3 is 15.0 Å². The molecule has 1 aromatic heterocycles. The first kappa shape index (κ1) is 19.9. The first-order chi connectivity index (χ1) is 14.0. The van der Waals surface area contributed by atoms with Crippen molar-refractivity contribution in [2.75, 3.05) is 26.2 Å². The van der Waals surface area contributed by atoms with Crippen LogP contribution in [0.15, 0.2) is 18.2 Å². The lowest BCUT2D eigenvalue weighted by Gasteiger charge is -2.32. The molecule has 0 radical (unpaired) electrons. The minimum absolute atomic E-state index is 0.00660. The van der Waals surface area contributed by atoms with Gasteiger partial charge in [-0.05, 0) is 63.9 Å². The van der Waals surface area contributed by atoms with Crippen molar-refractivity contribution >= 4 is 5.91 Å². The van der Waals surface area contributed by atoms with E-state index in [9.17, 15) is 4.79 Å². The zero-order chi connectivity index (χ0) is 20.4. The smallest absolute Gasteiger partial charge is 0.276 e. The van der Waals surface area contributed by atoms with Crippen LogP contribution in [-0.2, 0) is 0 Å². The molecule has 7 heteroatoms. The number of amides is 1. The Morgan fingerprint density at radius 1 is 1.10 bits per heavy atom. The van der Waals surface area contributed by atoms with E-state index in [0.717, 1.165) is 55.8 Å². The Morgan fingerprint density at radius 3 is 2.55 bits per heavy atom. The second-order valence-electron chi connectivity index (χ2n) is 8.33. The third kappa shape index (κ3) is 4.29. The van der Waals surface area contributed by atoms with Gasteiger partial charge in [-0.15, -0.1) is 5.10 Å². The van der Waals surface area contributed by atoms with Crippen LogP contribution in [0.2, 0.25) is 0 Å². The molecule has 0 unspecified atom stereocenters. The maximum absolute atomic E-state index is 13.0. The normalized spacial score (nSPS) is 18.8. The van der Waals surface area contributed by atoms with Crippen LogP contribution in [0.5, 0.6) is 5.75 Å². The van der Waals surface area contributed by atoms with Gasteiger partial charge in [0.2, 0.25) is 0 Å². The maximum atomic E-state index is 13.0. The molecule has 0 spiro atoms. The van der Waals surface area contributed by atoms with Crippen LogP contribution in [0.4, 0.5) is 0 Å². The van der Waals surface area contributed by atoms with Crippen LogP contribution in [0.1, 0.15) is 59.0 Å². The molecule has 0 saturated carbocycles. The van der Waals surface area contributed by atoms with Crippen LogP contribution in [-0.4, -0.2) is 58.1 Å². The Balaban J connectivity index is 1.37. The van der Waals surface area contributed by atoms with Crippen molar-refractivity contribution in [3.8, 4) is 5.75 Å². The molecule has 1 amide bonds. The highest BCUT2D eigenvalue weighted by Gasteiger charge is 2.29. The SMILES string of the molecule is Cc1ccc(C)c(OC2CCN(C(=O)c3nnn(C4CCNCC4)c3C)CC2)c1. The van der Waals surface area contributed by atoms with E-state index < -0.39 is 0 Å². The lowest BCUT2D eigenvalue weighted by molar-refractivity contribution is 0.0588. The molecule has 2 fully saturated rings. The zero-order valence-corrected chi connectivity index (χ0v) is 17.6. The number of ether oxygens (including phenoxy) is 1. The van der Waals surface area contributed by atoms with Gasteiger partial charge in [0.15, 0.2) is 5.69 Å². The average Bonchev–Trinajstić information content (AvgIpc) is 3.13. The fourth-order valence-electron chi connectivity index (χ4n) is 4.28. The van der Waals surface area contributed by atoms with Crippen molar-refractivity contribution in [1.82, 2.24) is 25.2 Å². The Bertz CT molecular complexity index is 864. The van der Waals surface area contributed by atoms with Crippen LogP contribution in [0.25, 0.3) is 0 Å². The van der Waals surface area contributed by atoms with E-state index >= 15 is 0 Å². The van der Waals surface area contributed by atoms with E-state index in [2.05, 4.69) is 47.7 Å². The van der Waals surface area contributed by atoms with E-state index in [1.165, 1.54) is 5.56 Å². The monoisotopic (exact) mass is 397 g/mol. The number of benzene rings is 1. The summed E-state index contributed by atoms with van der Waals surface area (Å²) < 4.78 is 8.18. The quantitative estimate of drug-likeness (QED) is 0.859. The van der Waals surface area contributed by atoms with Gasteiger partial charge in [-0.25, -0.2) is 4.68 Å². The lowest BCUT2D eigenvalue weighted by atomic mass is 10.1. The van der Waals surface area contributed by atoms with Gasteiger partial charge in [-0.2, -0.15) is 0 Å². The predicted octanol–water partition coefficient (Wildman–Crippen LogP) is 2.81. The molecule has 0 bridgehead atoms. The van der Waals surface area contributed by atoms with E-state index in [0.29, 0.717) is 24.8 Å². The van der Waals surface area contributed by atoms with Gasteiger partial charge in [-0.3, -0.25) is 4.79 Å². The van der Waals surface area contributed by atoms with Crippen molar-refractivity contribution in [3.05, 3.63) is 40.7 Å². The van der Waals surface area contributed by atoms with Crippen LogP contribution in [0.3, 0.4) is 0 Å². The minimum Gasteiger partial charge on any atom is -0.490 e. The van der Waals surface area contributed by atoms with Gasteiger partial charge in [0.1, 0.15) is 11.9 Å². The van der Waals surface area contributed by atoms with Crippen LogP contribution in [0, 0.1) is 20.8 Å². The number of hydrogen-bond donors (Lipinski definition) is 1. The topological polar surface area (TPSA) is 72.3 Å². The number of rotatable bonds is 4. The number of carbonyl (C=O) groups is 1. The fourth-order valence-corrected chi connectivity index (χ4v) is 4.28. The molecular weight excluding hydrogens is 366 g/mol. The standard InChI is InChI=1S/C22H31N5O2/c1-15-4-5-16(2)20(14-15)29-19-8-12-26(13-9-19)22(28)21-17(3)27(25-24-21)18-6-10-23-11-7-18/h4-5,14,18-19,23H,6-13H2,1-3H3. The molecule has 2 aromatic rings. The summed E-state index contributed by atoms with van der Waals surface area (Å²) in [6.07, 6.45) is 3.87. The third-order valence-electron chi connectivity index (χ3n) is 6.15. The maximum Gasteiger partial charge on any atom is 0.276 e. The van der Waals surface area contributed by atoms with E-state index in [4.69, 9.17) is 4.74 Å². The van der Waals surface area contributed by atoms with E-state index in [1.807, 2.05) is 16.5 Å². The summed E-state index contributed by atoms with van der Waals surface area (Å²) in [5.74, 6) is 0.948. The molecule has 2 saturated heterocycles. The van der Waals surface area contributed by atoms with Crippen molar-refractivity contribution in [2.24, 2.45) is 0 Å². The number of hydrogen-bond acceptors (Lipinski definition) is 5. The highest BCUT2D eigenvalue weighted by molar-refractivity contribution is 5.93. The number of likely N-dealkylation sites (tertiary alicyclic amines) is 1. The molecule has 1 N–H and O–H groups in total. The van der Waals surface area contributed by atoms with Crippen molar-refractivity contribution in [1.29, 1.82) is 0 Å². The van der Waals surface area contributed by atoms with Crippen molar-refractivity contribution in [2.45, 2.75) is 58.6 Å². The molecular formula is C22H31N5O2. The number of nitrogens with zero attached hydrogens (tertiary/aromatic N) is 4. The molecule has 0 atom stereocenters. The summed E-state index contributed by atoms with van der Waals surface area (Å²) in [5, 5.41) is 11.9. The summed E-state index contributed by atoms with van der Waals surface area (Å²) >= 11 is 0. The molecule has 3 heterocycles. The Hall–Kier alpha value is -2.41. The molecule has 2 aliphatic heterocycles. The average molecular weight is 398 g/mol. The number of nitrogens with one attached hydrogen (secondary N) is 1. The molecule has 156 valence electrons. The summed E-state index contributed by atoms with van der Waals surface area (Å²) in [4.78, 5) is 14.9. The number of piperidine rings is 2. The second-order valence-corrected chi connectivity index (χ2v) is 8.33. The first-order valence-corrected chi connectivity index (χ1v) is 10.7. The fraction of sp³-hybridized carbons (Fsp3) is 0.591. The van der Waals surface area contributed by atoms with Crippen molar-refractivity contribution < 1.29 is 9.53 Å². The summed E-state index contributed by atoms with van der Waals surface area (Å²) in [5.41, 5.74) is 3.73. The Morgan fingerprint density at radius 2 is 1.83 bits per heavy atom. The largest absolute Gasteiger partial charge is 0.490 e. The highest BCUT2D eigenvalue weighted by atomic mass is 16.5. The van der Waals surface area contributed by atoms with Gasteiger partial charge in [0.25, 0.3) is 5.91 Å². The number of aryl methyl sites for hydroxylation is 2. The molecule has 0 aliphatic carbocycles. The lowest BCUT2D eigenvalue weighted by Crippen LogP contribution is -2.42. The molecule has 4 rings (SSSR count). The molecule has 2 aliphatic rings. The summed E-state index contributed by atoms with van der Waals surface area (Å²) in [6, 6.07) is 6.62. The van der Waals surface area contributed by atoms with Gasteiger partial charge in [-0.1, -0.05) is 17.3 Å². The Kier molecular flexibility index (Phi) is 5.85. The van der Waals surface area contributed by atoms with Gasteiger partial charge in [0, 0.05) is 25.9 Å². The van der Waals surface area contributed by atoms with Gasteiger partial charge in [0.05, 0.1) is 11.7 Å². The highest BCUT2D eigenvalue weighted by Crippen LogP contribution is 2.25. The van der Waals surface area contributed by atoms with Gasteiger partial charge >= 0.3 is 0 Å². The predicted molar refractivity (Wildman–Crippen MR) is 111 cm³/mol. The first-order valence-electron chi connectivity index (χ1n) is 10.7. The van der Waals surface area contributed by atoms with Crippen molar-refractivity contribution in [3.63, 3.8) is 0 Å². The third-order valence-corrected chi connectivity index (χ3v) is 6.15. The van der Waals surface area contributed by atoms with E-state index in [-0.39, 0.29) is 12.0 Å². The summed E-state index contributed by atoms with van der Waals surface area (Å²) in [7, 11) is 0. The Labute approximate surface area is 172 Å². The molecule has 7 nitrogen and oxygen atoms in total. The second kappa shape index (κ2) is 8.53. The van der Waals surface area contributed by atoms with Crippen LogP contribution < -0.4 is 10.1 Å². The van der Waals surface area contributed by atoms with Crippen LogP contribution >= 0.6 is 0 Å². The molecule has 1 aromatic carbocycles. The number of aromatic nitrogens is 3. The summed E-state index contributed by atoms with van der Waals surface area (Å²) in [6.45, 7) is 9.46. The minimum atomic E-state index is -0.00660. The molecule has 29 heavy (non-hydrogen) atoms. The van der Waals surface area contributed by atoms with E-state index in [1.54, 1.807) is 0 Å². The zero-order valence-electron chi connectivity index (χ0n) is 17.6. The number of carbonyl (C=O) groups excluding carboxylic acids is 1.